The van der Waals surface area contributed by atoms with Crippen LogP contribution >= 0.6 is 0 Å². The standard InChI is InChI=1S/C22H26F2N2O7/c1-5-30-17-11-14(12-18(31-6-2)19(17)32-7-3)21(28)26-25-20(27)13-8-9-15(33-22(23)24)16(10-13)29-4/h8-12,22H,5-7H2,1-4H3,(H,25,27)(H,26,28). The number of carbonyl (C=O) groups is 2. The van der Waals surface area contributed by atoms with E-state index in [0.29, 0.717) is 37.1 Å². The van der Waals surface area contributed by atoms with Crippen LogP contribution in [-0.4, -0.2) is 45.4 Å². The van der Waals surface area contributed by atoms with Crippen LogP contribution in [0, 0.1) is 0 Å². The molecule has 11 heteroatoms. The van der Waals surface area contributed by atoms with Crippen LogP contribution in [0.4, 0.5) is 8.78 Å². The number of methoxy groups -OCH3 is 1. The van der Waals surface area contributed by atoms with E-state index >= 15 is 0 Å². The number of nitrogens with one attached hydrogen (secondary N) is 2. The molecule has 9 nitrogen and oxygen atoms in total. The van der Waals surface area contributed by atoms with Crippen molar-refractivity contribution in [3.63, 3.8) is 0 Å². The zero-order valence-electron chi connectivity index (χ0n) is 18.7. The Morgan fingerprint density at radius 3 is 1.79 bits per heavy atom. The van der Waals surface area contributed by atoms with Crippen LogP contribution in [0.15, 0.2) is 30.3 Å². The fraction of sp³-hybridized carbons (Fsp3) is 0.364. The number of benzene rings is 2. The topological polar surface area (TPSA) is 104 Å². The molecule has 0 unspecified atom stereocenters. The van der Waals surface area contributed by atoms with Crippen molar-refractivity contribution in [1.29, 1.82) is 0 Å². The first-order chi connectivity index (χ1) is 15.8. The first kappa shape index (κ1) is 25.5. The first-order valence-electron chi connectivity index (χ1n) is 10.1. The molecule has 0 fully saturated rings. The Labute approximate surface area is 189 Å². The third-order valence-electron chi connectivity index (χ3n) is 4.10. The summed E-state index contributed by atoms with van der Waals surface area (Å²) in [5, 5.41) is 0. The number of amides is 2. The zero-order valence-corrected chi connectivity index (χ0v) is 18.7. The lowest BCUT2D eigenvalue weighted by molar-refractivity contribution is -0.0512. The van der Waals surface area contributed by atoms with Gasteiger partial charge in [-0.15, -0.1) is 0 Å². The van der Waals surface area contributed by atoms with Gasteiger partial charge in [0.25, 0.3) is 11.8 Å². The molecule has 2 amide bonds. The molecule has 0 radical (unpaired) electrons. The number of rotatable bonds is 11. The number of carbonyl (C=O) groups excluding carboxylic acids is 2. The highest BCUT2D eigenvalue weighted by molar-refractivity contribution is 6.00. The van der Waals surface area contributed by atoms with Crippen LogP contribution in [0.25, 0.3) is 0 Å². The number of hydrazine groups is 1. The number of hydrogen-bond donors (Lipinski definition) is 2. The van der Waals surface area contributed by atoms with E-state index in [1.165, 1.54) is 31.4 Å². The van der Waals surface area contributed by atoms with E-state index in [9.17, 15) is 18.4 Å². The predicted octanol–water partition coefficient (Wildman–Crippen LogP) is 3.57. The van der Waals surface area contributed by atoms with Crippen LogP contribution in [0.2, 0.25) is 0 Å². The fourth-order valence-corrected chi connectivity index (χ4v) is 2.78. The summed E-state index contributed by atoms with van der Waals surface area (Å²) in [6, 6.07) is 6.56. The van der Waals surface area contributed by atoms with Gasteiger partial charge in [-0.25, -0.2) is 0 Å². The molecule has 180 valence electrons. The minimum atomic E-state index is -3.05. The van der Waals surface area contributed by atoms with Gasteiger partial charge in [0, 0.05) is 11.1 Å². The number of halogens is 2. The quantitative estimate of drug-likeness (QED) is 0.486. The average molecular weight is 468 g/mol. The van der Waals surface area contributed by atoms with Gasteiger partial charge >= 0.3 is 6.61 Å². The van der Waals surface area contributed by atoms with Crippen molar-refractivity contribution in [1.82, 2.24) is 10.9 Å². The molecule has 2 rings (SSSR count). The van der Waals surface area contributed by atoms with Gasteiger partial charge in [0.2, 0.25) is 5.75 Å². The molecule has 0 saturated carbocycles. The lowest BCUT2D eigenvalue weighted by Crippen LogP contribution is -2.41. The second-order valence-electron chi connectivity index (χ2n) is 6.25. The van der Waals surface area contributed by atoms with E-state index in [4.69, 9.17) is 18.9 Å². The van der Waals surface area contributed by atoms with E-state index in [2.05, 4.69) is 15.6 Å². The molecule has 0 saturated heterocycles. The van der Waals surface area contributed by atoms with Crippen molar-refractivity contribution in [3.8, 4) is 28.7 Å². The summed E-state index contributed by atoms with van der Waals surface area (Å²) in [6.45, 7) is 3.37. The highest BCUT2D eigenvalue weighted by atomic mass is 19.3. The highest BCUT2D eigenvalue weighted by Crippen LogP contribution is 2.39. The molecule has 2 aromatic rings. The van der Waals surface area contributed by atoms with Crippen LogP contribution in [-0.2, 0) is 0 Å². The molecule has 0 aromatic heterocycles. The molecule has 0 spiro atoms. The van der Waals surface area contributed by atoms with E-state index in [1.807, 2.05) is 6.92 Å². The number of alkyl halides is 2. The van der Waals surface area contributed by atoms with E-state index in [1.54, 1.807) is 13.8 Å². The van der Waals surface area contributed by atoms with Crippen molar-refractivity contribution in [2.45, 2.75) is 27.4 Å². The summed E-state index contributed by atoms with van der Waals surface area (Å²) >= 11 is 0. The van der Waals surface area contributed by atoms with Gasteiger partial charge in [0.15, 0.2) is 23.0 Å². The van der Waals surface area contributed by atoms with Gasteiger partial charge in [-0.05, 0) is 51.1 Å². The summed E-state index contributed by atoms with van der Waals surface area (Å²) in [7, 11) is 1.24. The minimum absolute atomic E-state index is 0.0467. The van der Waals surface area contributed by atoms with Crippen LogP contribution in [0.1, 0.15) is 41.5 Å². The van der Waals surface area contributed by atoms with Crippen LogP contribution in [0.5, 0.6) is 28.7 Å². The van der Waals surface area contributed by atoms with Crippen LogP contribution in [0.3, 0.4) is 0 Å². The molecule has 0 aliphatic carbocycles. The van der Waals surface area contributed by atoms with E-state index in [-0.39, 0.29) is 22.6 Å². The fourth-order valence-electron chi connectivity index (χ4n) is 2.78. The van der Waals surface area contributed by atoms with Crippen molar-refractivity contribution in [3.05, 3.63) is 41.5 Å². The van der Waals surface area contributed by atoms with Gasteiger partial charge in [0.05, 0.1) is 26.9 Å². The first-order valence-corrected chi connectivity index (χ1v) is 10.1. The summed E-state index contributed by atoms with van der Waals surface area (Å²) in [6.07, 6.45) is 0. The summed E-state index contributed by atoms with van der Waals surface area (Å²) in [4.78, 5) is 25.1. The maximum absolute atomic E-state index is 12.7. The molecule has 33 heavy (non-hydrogen) atoms. The Balaban J connectivity index is 2.18. The lowest BCUT2D eigenvalue weighted by atomic mass is 10.1. The maximum atomic E-state index is 12.7. The summed E-state index contributed by atoms with van der Waals surface area (Å²) in [5.74, 6) is -0.621. The Bertz CT molecular complexity index is 943. The molecule has 2 N–H and O–H groups in total. The summed E-state index contributed by atoms with van der Waals surface area (Å²) < 4.78 is 51.0. The molecule has 0 atom stereocenters. The molecule has 0 aliphatic rings. The van der Waals surface area contributed by atoms with Gasteiger partial charge in [-0.1, -0.05) is 0 Å². The van der Waals surface area contributed by atoms with Crippen molar-refractivity contribution in [2.24, 2.45) is 0 Å². The molecule has 0 bridgehead atoms. The average Bonchev–Trinajstić information content (AvgIpc) is 2.79. The van der Waals surface area contributed by atoms with E-state index in [0.717, 1.165) is 6.07 Å². The molecule has 0 aliphatic heterocycles. The normalized spacial score (nSPS) is 10.4. The zero-order chi connectivity index (χ0) is 24.4. The van der Waals surface area contributed by atoms with Gasteiger partial charge in [-0.2, -0.15) is 8.78 Å². The molecule has 2 aromatic carbocycles. The third kappa shape index (κ3) is 6.86. The van der Waals surface area contributed by atoms with Gasteiger partial charge in [-0.3, -0.25) is 20.4 Å². The predicted molar refractivity (Wildman–Crippen MR) is 115 cm³/mol. The van der Waals surface area contributed by atoms with Crippen molar-refractivity contribution < 1.29 is 42.1 Å². The number of hydrogen-bond acceptors (Lipinski definition) is 7. The Hall–Kier alpha value is -3.76. The largest absolute Gasteiger partial charge is 0.493 e. The van der Waals surface area contributed by atoms with E-state index < -0.39 is 18.4 Å². The minimum Gasteiger partial charge on any atom is -0.493 e. The second-order valence-corrected chi connectivity index (χ2v) is 6.25. The number of ether oxygens (including phenoxy) is 5. The molecular formula is C22H26F2N2O7. The Morgan fingerprint density at radius 1 is 0.788 bits per heavy atom. The smallest absolute Gasteiger partial charge is 0.387 e. The van der Waals surface area contributed by atoms with Crippen molar-refractivity contribution >= 4 is 11.8 Å². The third-order valence-corrected chi connectivity index (χ3v) is 4.10. The molecule has 0 heterocycles. The van der Waals surface area contributed by atoms with Gasteiger partial charge < -0.3 is 23.7 Å². The van der Waals surface area contributed by atoms with Crippen molar-refractivity contribution in [2.75, 3.05) is 26.9 Å². The van der Waals surface area contributed by atoms with Crippen LogP contribution < -0.4 is 34.5 Å². The summed E-state index contributed by atoms with van der Waals surface area (Å²) in [5.41, 5.74) is 4.75. The monoisotopic (exact) mass is 468 g/mol. The highest BCUT2D eigenvalue weighted by Gasteiger charge is 2.19. The molecular weight excluding hydrogens is 442 g/mol. The SMILES string of the molecule is CCOc1cc(C(=O)NNC(=O)c2ccc(OC(F)F)c(OC)c2)cc(OCC)c1OCC. The maximum Gasteiger partial charge on any atom is 0.387 e. The lowest BCUT2D eigenvalue weighted by Gasteiger charge is -2.17. The Morgan fingerprint density at radius 2 is 1.30 bits per heavy atom. The second kappa shape index (κ2) is 12.3. The van der Waals surface area contributed by atoms with Gasteiger partial charge in [0.1, 0.15) is 0 Å². The Kier molecular flexibility index (Phi) is 9.52.